The molecule has 6 heteroatoms. The van der Waals surface area contributed by atoms with Crippen LogP contribution < -0.4 is 4.74 Å². The fourth-order valence-electron chi connectivity index (χ4n) is 1.31. The molecule has 1 rings (SSSR count). The maximum absolute atomic E-state index is 12.0. The predicted molar refractivity (Wildman–Crippen MR) is 66.6 cm³/mol. The second kappa shape index (κ2) is 6.83. The molecule has 0 fully saturated rings. The Hall–Kier alpha value is -0.780. The first kappa shape index (κ1) is 14.3. The Labute approximate surface area is 106 Å². The number of rotatable bonds is 7. The van der Waals surface area contributed by atoms with Crippen LogP contribution in [0.25, 0.3) is 0 Å². The molecule has 0 atom stereocenters. The monoisotopic (exact) mass is 278 g/mol. The number of hydrogen-bond donors (Lipinski definition) is 0. The van der Waals surface area contributed by atoms with Crippen LogP contribution in [0.2, 0.25) is 0 Å². The van der Waals surface area contributed by atoms with Gasteiger partial charge in [0.05, 0.1) is 26.1 Å². The summed E-state index contributed by atoms with van der Waals surface area (Å²) in [6, 6.07) is 6.53. The Bertz CT molecular complexity index is 445. The zero-order chi connectivity index (χ0) is 12.7. The normalized spacial score (nSPS) is 11.4. The minimum atomic E-state index is -3.38. The van der Waals surface area contributed by atoms with Gasteiger partial charge in [0.1, 0.15) is 10.6 Å². The number of alkyl halides is 1. The van der Waals surface area contributed by atoms with Gasteiger partial charge in [-0.15, -0.1) is 11.6 Å². The first-order valence-corrected chi connectivity index (χ1v) is 7.30. The molecule has 0 aliphatic carbocycles. The molecule has 0 amide bonds. The Kier molecular flexibility index (Phi) is 5.74. The van der Waals surface area contributed by atoms with Crippen molar-refractivity contribution in [3.05, 3.63) is 24.3 Å². The minimum Gasteiger partial charge on any atom is -0.495 e. The van der Waals surface area contributed by atoms with Crippen molar-refractivity contribution in [2.24, 2.45) is 0 Å². The summed E-state index contributed by atoms with van der Waals surface area (Å²) in [4.78, 5) is 0.192. The summed E-state index contributed by atoms with van der Waals surface area (Å²) >= 11 is 5.42. The molecular weight excluding hydrogens is 264 g/mol. The fourth-order valence-corrected chi connectivity index (χ4v) is 2.72. The third-order valence-electron chi connectivity index (χ3n) is 2.12. The topological polar surface area (TPSA) is 52.6 Å². The summed E-state index contributed by atoms with van der Waals surface area (Å²) in [6.45, 7) is 0.482. The summed E-state index contributed by atoms with van der Waals surface area (Å²) in [6.07, 6.45) is 0. The summed E-state index contributed by atoms with van der Waals surface area (Å²) < 4.78 is 34.0. The number of halogens is 1. The smallest absolute Gasteiger partial charge is 0.184 e. The number of ether oxygens (including phenoxy) is 2. The van der Waals surface area contributed by atoms with Crippen molar-refractivity contribution in [2.45, 2.75) is 4.90 Å². The Morgan fingerprint density at radius 3 is 2.59 bits per heavy atom. The zero-order valence-corrected chi connectivity index (χ0v) is 11.1. The maximum atomic E-state index is 12.0. The lowest BCUT2D eigenvalue weighted by atomic mass is 10.3. The van der Waals surface area contributed by atoms with E-state index >= 15 is 0 Å². The number of hydrogen-bond acceptors (Lipinski definition) is 4. The van der Waals surface area contributed by atoms with E-state index in [-0.39, 0.29) is 17.3 Å². The second-order valence-electron chi connectivity index (χ2n) is 3.27. The summed E-state index contributed by atoms with van der Waals surface area (Å²) in [5.41, 5.74) is 0. The third-order valence-corrected chi connectivity index (χ3v) is 3.99. The van der Waals surface area contributed by atoms with E-state index in [1.807, 2.05) is 0 Å². The lowest BCUT2D eigenvalue weighted by Crippen LogP contribution is -2.14. The van der Waals surface area contributed by atoms with Gasteiger partial charge in [0, 0.05) is 5.88 Å². The van der Waals surface area contributed by atoms with Gasteiger partial charge >= 0.3 is 0 Å². The molecule has 0 saturated heterocycles. The summed E-state index contributed by atoms with van der Waals surface area (Å²) in [5, 5.41) is 0. The molecule has 1 aromatic carbocycles. The highest BCUT2D eigenvalue weighted by Gasteiger charge is 2.18. The number of methoxy groups -OCH3 is 1. The summed E-state index contributed by atoms with van der Waals surface area (Å²) in [7, 11) is -1.93. The molecule has 0 aliphatic rings. The van der Waals surface area contributed by atoms with E-state index in [0.29, 0.717) is 18.2 Å². The SMILES string of the molecule is COc1ccccc1S(=O)(=O)CCOCCCl. The highest BCUT2D eigenvalue weighted by atomic mass is 35.5. The molecule has 0 N–H and O–H groups in total. The van der Waals surface area contributed by atoms with Crippen molar-refractivity contribution >= 4 is 21.4 Å². The van der Waals surface area contributed by atoms with Crippen molar-refractivity contribution in [1.29, 1.82) is 0 Å². The van der Waals surface area contributed by atoms with Gasteiger partial charge in [0.2, 0.25) is 0 Å². The van der Waals surface area contributed by atoms with Gasteiger partial charge in [0.15, 0.2) is 9.84 Å². The van der Waals surface area contributed by atoms with E-state index in [0.717, 1.165) is 0 Å². The summed E-state index contributed by atoms with van der Waals surface area (Å²) in [5.74, 6) is 0.628. The molecule has 0 bridgehead atoms. The van der Waals surface area contributed by atoms with Gasteiger partial charge in [-0.25, -0.2) is 8.42 Å². The zero-order valence-electron chi connectivity index (χ0n) is 9.56. The molecule has 4 nitrogen and oxygen atoms in total. The molecule has 17 heavy (non-hydrogen) atoms. The molecule has 0 heterocycles. The van der Waals surface area contributed by atoms with Crippen LogP contribution in [0, 0.1) is 0 Å². The van der Waals surface area contributed by atoms with Crippen LogP contribution in [0.5, 0.6) is 5.75 Å². The highest BCUT2D eigenvalue weighted by molar-refractivity contribution is 7.91. The van der Waals surface area contributed by atoms with E-state index in [1.165, 1.54) is 13.2 Å². The van der Waals surface area contributed by atoms with Crippen LogP contribution in [0.3, 0.4) is 0 Å². The minimum absolute atomic E-state index is 0.0791. The van der Waals surface area contributed by atoms with Crippen LogP contribution in [-0.4, -0.2) is 40.4 Å². The molecule has 0 aliphatic heterocycles. The van der Waals surface area contributed by atoms with Crippen LogP contribution in [-0.2, 0) is 14.6 Å². The molecule has 96 valence electrons. The Balaban J connectivity index is 2.75. The van der Waals surface area contributed by atoms with Crippen LogP contribution in [0.15, 0.2) is 29.2 Å². The van der Waals surface area contributed by atoms with E-state index in [1.54, 1.807) is 18.2 Å². The van der Waals surface area contributed by atoms with Gasteiger partial charge in [-0.3, -0.25) is 0 Å². The average Bonchev–Trinajstić information content (AvgIpc) is 2.34. The Morgan fingerprint density at radius 1 is 1.24 bits per heavy atom. The largest absolute Gasteiger partial charge is 0.495 e. The Morgan fingerprint density at radius 2 is 1.94 bits per heavy atom. The van der Waals surface area contributed by atoms with Gasteiger partial charge in [0.25, 0.3) is 0 Å². The van der Waals surface area contributed by atoms with E-state index < -0.39 is 9.84 Å². The average molecular weight is 279 g/mol. The van der Waals surface area contributed by atoms with Crippen LogP contribution in [0.4, 0.5) is 0 Å². The van der Waals surface area contributed by atoms with Crippen LogP contribution >= 0.6 is 11.6 Å². The standard InChI is InChI=1S/C11H15ClO4S/c1-15-10-4-2-3-5-11(10)17(13,14)9-8-16-7-6-12/h2-5H,6-9H2,1H3. The first-order chi connectivity index (χ1) is 8.11. The number of benzene rings is 1. The third kappa shape index (κ3) is 4.18. The number of para-hydroxylation sites is 1. The molecule has 0 aromatic heterocycles. The van der Waals surface area contributed by atoms with Gasteiger partial charge in [-0.1, -0.05) is 12.1 Å². The molecule has 0 saturated carbocycles. The van der Waals surface area contributed by atoms with E-state index in [2.05, 4.69) is 0 Å². The van der Waals surface area contributed by atoms with Gasteiger partial charge in [-0.2, -0.15) is 0 Å². The molecule has 0 unspecified atom stereocenters. The lowest BCUT2D eigenvalue weighted by molar-refractivity contribution is 0.165. The van der Waals surface area contributed by atoms with Crippen molar-refractivity contribution in [3.63, 3.8) is 0 Å². The molecule has 0 radical (unpaired) electrons. The quantitative estimate of drug-likeness (QED) is 0.563. The van der Waals surface area contributed by atoms with Gasteiger partial charge in [-0.05, 0) is 12.1 Å². The van der Waals surface area contributed by atoms with Crippen molar-refractivity contribution in [2.75, 3.05) is 32.0 Å². The highest BCUT2D eigenvalue weighted by Crippen LogP contribution is 2.23. The van der Waals surface area contributed by atoms with Crippen molar-refractivity contribution < 1.29 is 17.9 Å². The van der Waals surface area contributed by atoms with E-state index in [9.17, 15) is 8.42 Å². The predicted octanol–water partition coefficient (Wildman–Crippen LogP) is 1.72. The molecule has 0 spiro atoms. The van der Waals surface area contributed by atoms with Crippen molar-refractivity contribution in [1.82, 2.24) is 0 Å². The lowest BCUT2D eigenvalue weighted by Gasteiger charge is -2.09. The first-order valence-electron chi connectivity index (χ1n) is 5.11. The molecule has 1 aromatic rings. The van der Waals surface area contributed by atoms with E-state index in [4.69, 9.17) is 21.1 Å². The maximum Gasteiger partial charge on any atom is 0.184 e. The number of sulfone groups is 1. The van der Waals surface area contributed by atoms with Gasteiger partial charge < -0.3 is 9.47 Å². The van der Waals surface area contributed by atoms with Crippen LogP contribution in [0.1, 0.15) is 0 Å². The second-order valence-corrected chi connectivity index (χ2v) is 5.73. The fraction of sp³-hybridized carbons (Fsp3) is 0.455. The molecular formula is C11H15ClO4S. The van der Waals surface area contributed by atoms with Crippen molar-refractivity contribution in [3.8, 4) is 5.75 Å².